The number of carbonyl (C=O) groups excluding carboxylic acids is 1. The van der Waals surface area contributed by atoms with Gasteiger partial charge in [-0.05, 0) is 42.7 Å². The first-order valence-electron chi connectivity index (χ1n) is 11.8. The summed E-state index contributed by atoms with van der Waals surface area (Å²) in [5.41, 5.74) is 7.83. The van der Waals surface area contributed by atoms with E-state index >= 15 is 0 Å². The van der Waals surface area contributed by atoms with Crippen molar-refractivity contribution in [3.63, 3.8) is 0 Å². The number of hydrogen-bond acceptors (Lipinski definition) is 5. The minimum Gasteiger partial charge on any atom is -0.336 e. The summed E-state index contributed by atoms with van der Waals surface area (Å²) in [6, 6.07) is 17.5. The normalized spacial score (nSPS) is 19.2. The molecular formula is C25H36N4O3S. The molecule has 180 valence electrons. The summed E-state index contributed by atoms with van der Waals surface area (Å²) in [6.45, 7) is 3.16. The van der Waals surface area contributed by atoms with Crippen LogP contribution in [0.3, 0.4) is 0 Å². The molecule has 33 heavy (non-hydrogen) atoms. The molecule has 3 N–H and O–H groups in total. The molecule has 2 aromatic rings. The van der Waals surface area contributed by atoms with E-state index in [1.807, 2.05) is 4.90 Å². The van der Waals surface area contributed by atoms with Gasteiger partial charge in [-0.3, -0.25) is 14.4 Å². The van der Waals surface area contributed by atoms with Crippen molar-refractivity contribution in [2.45, 2.75) is 37.6 Å². The van der Waals surface area contributed by atoms with Crippen molar-refractivity contribution in [2.24, 2.45) is 5.73 Å². The molecule has 1 aliphatic heterocycles. The summed E-state index contributed by atoms with van der Waals surface area (Å²) in [4.78, 5) is 17.6. The average Bonchev–Trinajstić information content (AvgIpc) is 2.85. The van der Waals surface area contributed by atoms with Gasteiger partial charge in [-0.2, -0.15) is 0 Å². The topological polar surface area (TPSA) is 95.7 Å². The van der Waals surface area contributed by atoms with E-state index in [9.17, 15) is 13.2 Å². The molecule has 4 rings (SSSR count). The number of benzene rings is 2. The lowest BCUT2D eigenvalue weighted by Crippen LogP contribution is -2.57. The highest BCUT2D eigenvalue weighted by atomic mass is 32.2. The van der Waals surface area contributed by atoms with Crippen LogP contribution in [0.1, 0.15) is 49.5 Å². The molecule has 1 heterocycles. The van der Waals surface area contributed by atoms with Crippen molar-refractivity contribution < 1.29 is 14.6 Å². The van der Waals surface area contributed by atoms with Crippen LogP contribution in [0.2, 0.25) is 0 Å². The molecule has 2 fully saturated rings. The second kappa shape index (κ2) is 10.2. The Hall–Kier alpha value is -2.42. The molecule has 1 aliphatic carbocycles. The largest absolute Gasteiger partial charge is 0.336 e. The number of anilines is 1. The Morgan fingerprint density at radius 1 is 0.939 bits per heavy atom. The molecule has 0 aromatic heterocycles. The maximum Gasteiger partial charge on any atom is 0.253 e. The van der Waals surface area contributed by atoms with Gasteiger partial charge in [-0.15, -0.1) is 0 Å². The summed E-state index contributed by atoms with van der Waals surface area (Å²) < 4.78 is 26.3. The highest BCUT2D eigenvalue weighted by Crippen LogP contribution is 2.42. The van der Waals surface area contributed by atoms with Gasteiger partial charge in [0.1, 0.15) is 0 Å². The van der Waals surface area contributed by atoms with Crippen LogP contribution in [0.5, 0.6) is 0 Å². The molecule has 0 radical (unpaired) electrons. The van der Waals surface area contributed by atoms with E-state index in [1.54, 1.807) is 24.3 Å². The van der Waals surface area contributed by atoms with Gasteiger partial charge in [0.2, 0.25) is 10.0 Å². The highest BCUT2D eigenvalue weighted by Gasteiger charge is 2.41. The predicted octanol–water partition coefficient (Wildman–Crippen LogP) is 3.25. The number of carbonyl (C=O) groups is 1. The van der Waals surface area contributed by atoms with E-state index in [2.05, 4.69) is 40.0 Å². The van der Waals surface area contributed by atoms with Gasteiger partial charge in [-0.1, -0.05) is 49.6 Å². The van der Waals surface area contributed by atoms with E-state index in [0.717, 1.165) is 13.1 Å². The first-order chi connectivity index (χ1) is 15.9. The molecule has 1 saturated carbocycles. The smallest absolute Gasteiger partial charge is 0.253 e. The zero-order valence-corrected chi connectivity index (χ0v) is 19.9. The number of amides is 1. The fourth-order valence-corrected chi connectivity index (χ4v) is 6.17. The quantitative estimate of drug-likeness (QED) is 0.645. The minimum atomic E-state index is -3.46. The maximum atomic E-state index is 13.1. The van der Waals surface area contributed by atoms with Crippen LogP contribution in [0.4, 0.5) is 5.69 Å². The SMILES string of the molecule is NCCS(=O)(=O)Nc1ccc(C(=O)N2CCN(C3(c4ccccc4)CCCCC3)CC2)cc1.[HH]. The van der Waals surface area contributed by atoms with Gasteiger partial charge < -0.3 is 10.6 Å². The minimum absolute atomic E-state index is 0. The molecular weight excluding hydrogens is 436 g/mol. The Morgan fingerprint density at radius 3 is 2.18 bits per heavy atom. The number of nitrogens with zero attached hydrogens (tertiary/aromatic N) is 2. The molecule has 1 amide bonds. The molecule has 0 bridgehead atoms. The predicted molar refractivity (Wildman–Crippen MR) is 134 cm³/mol. The van der Waals surface area contributed by atoms with Crippen LogP contribution < -0.4 is 10.5 Å². The van der Waals surface area contributed by atoms with Gasteiger partial charge in [0, 0.05) is 50.9 Å². The van der Waals surface area contributed by atoms with Crippen molar-refractivity contribution >= 4 is 21.6 Å². The maximum absolute atomic E-state index is 13.1. The fraction of sp³-hybridized carbons (Fsp3) is 0.480. The van der Waals surface area contributed by atoms with E-state index < -0.39 is 10.0 Å². The monoisotopic (exact) mass is 472 g/mol. The number of sulfonamides is 1. The van der Waals surface area contributed by atoms with E-state index in [4.69, 9.17) is 5.73 Å². The molecule has 8 heteroatoms. The number of piperazine rings is 1. The molecule has 1 saturated heterocycles. The summed E-state index contributed by atoms with van der Waals surface area (Å²) in [7, 11) is -3.46. The third-order valence-electron chi connectivity index (χ3n) is 6.96. The van der Waals surface area contributed by atoms with E-state index in [1.165, 1.54) is 37.7 Å². The van der Waals surface area contributed by atoms with Crippen LogP contribution in [0, 0.1) is 0 Å². The van der Waals surface area contributed by atoms with Gasteiger partial charge in [0.05, 0.1) is 5.75 Å². The fourth-order valence-electron chi connectivity index (χ4n) is 5.26. The van der Waals surface area contributed by atoms with Crippen LogP contribution >= 0.6 is 0 Å². The lowest BCUT2D eigenvalue weighted by Gasteiger charge is -2.50. The van der Waals surface area contributed by atoms with Crippen LogP contribution in [-0.4, -0.2) is 62.6 Å². The van der Waals surface area contributed by atoms with E-state index in [0.29, 0.717) is 24.3 Å². The van der Waals surface area contributed by atoms with Gasteiger partial charge >= 0.3 is 0 Å². The zero-order chi connectivity index (χ0) is 23.3. The summed E-state index contributed by atoms with van der Waals surface area (Å²) in [6.07, 6.45) is 6.13. The first-order valence-corrected chi connectivity index (χ1v) is 13.5. The van der Waals surface area contributed by atoms with Crippen molar-refractivity contribution in [3.05, 3.63) is 65.7 Å². The molecule has 0 unspecified atom stereocenters. The van der Waals surface area contributed by atoms with Crippen molar-refractivity contribution in [2.75, 3.05) is 43.2 Å². The number of nitrogens with two attached hydrogens (primary N) is 1. The standard InChI is InChI=1S/C25H34N4O3S.H2/c26-15-20-33(31,32)27-23-11-9-21(10-12-23)24(30)28-16-18-29(19-17-28)25(13-5-2-6-14-25)22-7-3-1-4-8-22;/h1,3-4,7-12,27H,2,5-6,13-20,26H2;1H. The number of hydrogen-bond donors (Lipinski definition) is 2. The van der Waals surface area contributed by atoms with Crippen LogP contribution in [-0.2, 0) is 15.6 Å². The lowest BCUT2D eigenvalue weighted by molar-refractivity contribution is 0.00562. The number of nitrogens with one attached hydrogen (secondary N) is 1. The molecule has 0 atom stereocenters. The van der Waals surface area contributed by atoms with Crippen LogP contribution in [0.15, 0.2) is 54.6 Å². The van der Waals surface area contributed by atoms with Crippen molar-refractivity contribution in [1.29, 1.82) is 0 Å². The van der Waals surface area contributed by atoms with Gasteiger partial charge in [-0.25, -0.2) is 8.42 Å². The van der Waals surface area contributed by atoms with E-state index in [-0.39, 0.29) is 25.2 Å². The highest BCUT2D eigenvalue weighted by molar-refractivity contribution is 7.92. The zero-order valence-electron chi connectivity index (χ0n) is 19.1. The van der Waals surface area contributed by atoms with Crippen LogP contribution in [0.25, 0.3) is 0 Å². The van der Waals surface area contributed by atoms with Crippen molar-refractivity contribution in [3.8, 4) is 0 Å². The Bertz CT molecular complexity index is 1030. The Balaban J connectivity index is 0.00000324. The summed E-state index contributed by atoms with van der Waals surface area (Å²) in [5.74, 6) is -0.147. The summed E-state index contributed by atoms with van der Waals surface area (Å²) >= 11 is 0. The Morgan fingerprint density at radius 2 is 1.58 bits per heavy atom. The second-order valence-electron chi connectivity index (χ2n) is 9.02. The third-order valence-corrected chi connectivity index (χ3v) is 8.28. The Kier molecular flexibility index (Phi) is 7.36. The Labute approximate surface area is 198 Å². The van der Waals surface area contributed by atoms with Crippen molar-refractivity contribution in [1.82, 2.24) is 9.80 Å². The summed E-state index contributed by atoms with van der Waals surface area (Å²) in [5, 5.41) is 0. The average molecular weight is 473 g/mol. The number of rotatable bonds is 7. The third kappa shape index (κ3) is 5.39. The molecule has 7 nitrogen and oxygen atoms in total. The molecule has 0 spiro atoms. The molecule has 2 aromatic carbocycles. The van der Waals surface area contributed by atoms with Gasteiger partial charge in [0.15, 0.2) is 0 Å². The molecule has 2 aliphatic rings. The van der Waals surface area contributed by atoms with Gasteiger partial charge in [0.25, 0.3) is 5.91 Å². The second-order valence-corrected chi connectivity index (χ2v) is 10.9. The lowest BCUT2D eigenvalue weighted by atomic mass is 9.75. The first kappa shape index (κ1) is 23.7.